The van der Waals surface area contributed by atoms with Gasteiger partial charge < -0.3 is 10.6 Å². The molecule has 0 bridgehead atoms. The summed E-state index contributed by atoms with van der Waals surface area (Å²) in [6.45, 7) is 2.65. The summed E-state index contributed by atoms with van der Waals surface area (Å²) in [4.78, 5) is 42.5. The number of anilines is 2. The first-order chi connectivity index (χ1) is 15.0. The molecule has 2 aromatic rings. The van der Waals surface area contributed by atoms with Crippen LogP contribution in [0.25, 0.3) is 0 Å². The van der Waals surface area contributed by atoms with Crippen LogP contribution in [0, 0.1) is 11.8 Å². The molecule has 1 aromatic carbocycles. The molecule has 4 rings (SSSR count). The third-order valence-electron chi connectivity index (χ3n) is 6.40. The summed E-state index contributed by atoms with van der Waals surface area (Å²) in [5.41, 5.74) is 7.49. The number of carbonyl (C=O) groups is 1. The van der Waals surface area contributed by atoms with Crippen molar-refractivity contribution in [2.24, 2.45) is 11.8 Å². The fraction of sp³-hybridized carbons (Fsp3) is 0.458. The minimum atomic E-state index is -0.605. The standard InChI is InChI=1S/C24H30N4O3/c1-16-14-19(16)23(30)27(13-12-17-8-4-2-5-9-17)20-21(25)28(24(31)26-22(20)29)15-18-10-6-3-7-11-18/h3,6-8,10-11,16,19H,2,4-5,9,12-15,25H2,1H3,(H,26,29,31)/t16-,19-/m0/s1. The number of hydrogen-bond acceptors (Lipinski definition) is 4. The number of nitrogens with zero attached hydrogens (tertiary/aromatic N) is 2. The van der Waals surface area contributed by atoms with Gasteiger partial charge in [-0.2, -0.15) is 0 Å². The van der Waals surface area contributed by atoms with E-state index in [1.54, 1.807) is 0 Å². The minimum absolute atomic E-state index is 0.0388. The van der Waals surface area contributed by atoms with Crippen molar-refractivity contribution in [2.45, 2.75) is 52.0 Å². The number of nitrogen functional groups attached to an aromatic ring is 1. The van der Waals surface area contributed by atoms with E-state index in [9.17, 15) is 14.4 Å². The van der Waals surface area contributed by atoms with Crippen molar-refractivity contribution in [3.05, 3.63) is 68.4 Å². The van der Waals surface area contributed by atoms with Crippen molar-refractivity contribution in [3.63, 3.8) is 0 Å². The quantitative estimate of drug-likeness (QED) is 0.670. The lowest BCUT2D eigenvalue weighted by molar-refractivity contribution is -0.120. The highest BCUT2D eigenvalue weighted by atomic mass is 16.2. The van der Waals surface area contributed by atoms with Crippen molar-refractivity contribution < 1.29 is 4.79 Å². The van der Waals surface area contributed by atoms with Crippen LogP contribution in [-0.2, 0) is 11.3 Å². The summed E-state index contributed by atoms with van der Waals surface area (Å²) in [5.74, 6) is 0.177. The number of allylic oxidation sites excluding steroid dienone is 1. The maximum absolute atomic E-state index is 13.3. The smallest absolute Gasteiger partial charge is 0.330 e. The van der Waals surface area contributed by atoms with Gasteiger partial charge in [0.25, 0.3) is 5.56 Å². The lowest BCUT2D eigenvalue weighted by atomic mass is 9.97. The largest absolute Gasteiger partial charge is 0.383 e. The molecule has 1 fully saturated rings. The van der Waals surface area contributed by atoms with E-state index in [4.69, 9.17) is 5.73 Å². The molecule has 3 N–H and O–H groups in total. The minimum Gasteiger partial charge on any atom is -0.383 e. The molecule has 0 saturated heterocycles. The van der Waals surface area contributed by atoms with Gasteiger partial charge >= 0.3 is 5.69 Å². The average Bonchev–Trinajstić information content (AvgIpc) is 3.51. The van der Waals surface area contributed by atoms with Crippen LogP contribution in [0.1, 0.15) is 51.0 Å². The molecule has 31 heavy (non-hydrogen) atoms. The Morgan fingerprint density at radius 3 is 2.61 bits per heavy atom. The van der Waals surface area contributed by atoms with Gasteiger partial charge in [-0.25, -0.2) is 4.79 Å². The Bertz CT molecular complexity index is 1100. The molecule has 1 heterocycles. The number of benzene rings is 1. The second-order valence-electron chi connectivity index (χ2n) is 8.73. The highest BCUT2D eigenvalue weighted by Gasteiger charge is 2.43. The van der Waals surface area contributed by atoms with Gasteiger partial charge in [-0.1, -0.05) is 48.9 Å². The Kier molecular flexibility index (Phi) is 6.11. The fourth-order valence-corrected chi connectivity index (χ4v) is 4.35. The van der Waals surface area contributed by atoms with Gasteiger partial charge in [0.15, 0.2) is 5.69 Å². The first kappa shape index (κ1) is 21.2. The fourth-order valence-electron chi connectivity index (χ4n) is 4.35. The number of nitrogens with two attached hydrogens (primary N) is 1. The molecule has 1 amide bonds. The van der Waals surface area contributed by atoms with Gasteiger partial charge in [0, 0.05) is 12.5 Å². The van der Waals surface area contributed by atoms with Crippen LogP contribution in [0.2, 0.25) is 0 Å². The Hall–Kier alpha value is -3.09. The zero-order valence-electron chi connectivity index (χ0n) is 18.0. The molecule has 2 atom stereocenters. The molecule has 1 aromatic heterocycles. The highest BCUT2D eigenvalue weighted by Crippen LogP contribution is 2.40. The molecular formula is C24H30N4O3. The van der Waals surface area contributed by atoms with Crippen molar-refractivity contribution in [2.75, 3.05) is 17.2 Å². The van der Waals surface area contributed by atoms with Crippen LogP contribution < -0.4 is 21.9 Å². The zero-order valence-corrected chi connectivity index (χ0v) is 18.0. The average molecular weight is 423 g/mol. The molecule has 0 unspecified atom stereocenters. The van der Waals surface area contributed by atoms with E-state index in [1.165, 1.54) is 21.5 Å². The van der Waals surface area contributed by atoms with Gasteiger partial charge in [0.2, 0.25) is 5.91 Å². The van der Waals surface area contributed by atoms with Crippen LogP contribution in [0.5, 0.6) is 0 Å². The van der Waals surface area contributed by atoms with E-state index in [-0.39, 0.29) is 29.9 Å². The summed E-state index contributed by atoms with van der Waals surface area (Å²) in [7, 11) is 0. The van der Waals surface area contributed by atoms with Gasteiger partial charge in [0.05, 0.1) is 6.54 Å². The molecule has 0 spiro atoms. The molecular weight excluding hydrogens is 392 g/mol. The van der Waals surface area contributed by atoms with Crippen molar-refractivity contribution >= 4 is 17.4 Å². The lowest BCUT2D eigenvalue weighted by Gasteiger charge is -2.26. The summed E-state index contributed by atoms with van der Waals surface area (Å²) < 4.78 is 1.34. The van der Waals surface area contributed by atoms with E-state index in [1.807, 2.05) is 37.3 Å². The number of hydrogen-bond donors (Lipinski definition) is 2. The molecule has 7 heteroatoms. The molecule has 7 nitrogen and oxygen atoms in total. The van der Waals surface area contributed by atoms with Crippen molar-refractivity contribution in [1.82, 2.24) is 9.55 Å². The Morgan fingerprint density at radius 2 is 1.97 bits per heavy atom. The monoisotopic (exact) mass is 422 g/mol. The summed E-state index contributed by atoms with van der Waals surface area (Å²) >= 11 is 0. The topological polar surface area (TPSA) is 101 Å². The van der Waals surface area contributed by atoms with Crippen LogP contribution in [-0.4, -0.2) is 22.0 Å². The third-order valence-corrected chi connectivity index (χ3v) is 6.40. The van der Waals surface area contributed by atoms with Gasteiger partial charge in [-0.05, 0) is 50.0 Å². The molecule has 0 radical (unpaired) electrons. The second-order valence-corrected chi connectivity index (χ2v) is 8.73. The number of aromatic amines is 1. The van der Waals surface area contributed by atoms with Gasteiger partial charge in [-0.15, -0.1) is 0 Å². The summed E-state index contributed by atoms with van der Waals surface area (Å²) in [5, 5.41) is 0. The molecule has 0 aliphatic heterocycles. The second kappa shape index (κ2) is 8.96. The zero-order chi connectivity index (χ0) is 22.0. The molecule has 2 aliphatic rings. The van der Waals surface area contributed by atoms with Crippen molar-refractivity contribution in [1.29, 1.82) is 0 Å². The van der Waals surface area contributed by atoms with E-state index in [0.29, 0.717) is 18.9 Å². The first-order valence-electron chi connectivity index (χ1n) is 11.1. The summed E-state index contributed by atoms with van der Waals surface area (Å²) in [6, 6.07) is 9.43. The number of nitrogens with one attached hydrogen (secondary N) is 1. The summed E-state index contributed by atoms with van der Waals surface area (Å²) in [6.07, 6.45) is 8.22. The number of carbonyl (C=O) groups excluding carboxylic acids is 1. The van der Waals surface area contributed by atoms with Gasteiger partial charge in [0.1, 0.15) is 5.82 Å². The molecule has 164 valence electrons. The Balaban J connectivity index is 1.70. The van der Waals surface area contributed by atoms with Crippen LogP contribution in [0.15, 0.2) is 51.6 Å². The maximum atomic E-state index is 13.3. The first-order valence-corrected chi connectivity index (χ1v) is 11.1. The van der Waals surface area contributed by atoms with E-state index in [2.05, 4.69) is 11.1 Å². The van der Waals surface area contributed by atoms with Crippen molar-refractivity contribution in [3.8, 4) is 0 Å². The third kappa shape index (κ3) is 4.65. The molecule has 1 saturated carbocycles. The lowest BCUT2D eigenvalue weighted by Crippen LogP contribution is -2.42. The number of aromatic nitrogens is 2. The van der Waals surface area contributed by atoms with Gasteiger partial charge in [-0.3, -0.25) is 19.1 Å². The van der Waals surface area contributed by atoms with E-state index in [0.717, 1.165) is 31.2 Å². The Labute approximate surface area is 181 Å². The number of amides is 1. The van der Waals surface area contributed by atoms with Crippen LogP contribution in [0.4, 0.5) is 11.5 Å². The SMILES string of the molecule is C[C@H]1C[C@@H]1C(=O)N(CCC1=CCCCC1)c1c(N)n(Cc2ccccc2)c(=O)[nH]c1=O. The normalized spacial score (nSPS) is 20.2. The predicted molar refractivity (Wildman–Crippen MR) is 122 cm³/mol. The number of rotatable bonds is 7. The maximum Gasteiger partial charge on any atom is 0.330 e. The van der Waals surface area contributed by atoms with E-state index < -0.39 is 11.2 Å². The predicted octanol–water partition coefficient (Wildman–Crippen LogP) is 3.05. The van der Waals surface area contributed by atoms with Crippen LogP contribution in [0.3, 0.4) is 0 Å². The number of H-pyrrole nitrogens is 1. The van der Waals surface area contributed by atoms with E-state index >= 15 is 0 Å². The highest BCUT2D eigenvalue weighted by molar-refractivity contribution is 5.98. The molecule has 2 aliphatic carbocycles. The Morgan fingerprint density at radius 1 is 1.23 bits per heavy atom. The van der Waals surface area contributed by atoms with Crippen LogP contribution >= 0.6 is 0 Å².